The summed E-state index contributed by atoms with van der Waals surface area (Å²) in [5.41, 5.74) is 0.0162. The van der Waals surface area contributed by atoms with E-state index in [2.05, 4.69) is 0 Å². The van der Waals surface area contributed by atoms with Crippen molar-refractivity contribution < 1.29 is 19.4 Å². The van der Waals surface area contributed by atoms with E-state index in [9.17, 15) is 14.3 Å². The first kappa shape index (κ1) is 13.0. The van der Waals surface area contributed by atoms with E-state index in [-0.39, 0.29) is 36.2 Å². The lowest BCUT2D eigenvalue weighted by Crippen LogP contribution is -2.28. The van der Waals surface area contributed by atoms with Crippen molar-refractivity contribution in [2.45, 2.75) is 6.42 Å². The van der Waals surface area contributed by atoms with E-state index in [0.29, 0.717) is 6.54 Å². The van der Waals surface area contributed by atoms with Gasteiger partial charge in [0.15, 0.2) is 5.78 Å². The smallest absolute Gasteiger partial charge is 0.180 e. The van der Waals surface area contributed by atoms with Crippen LogP contribution in [-0.2, 0) is 0 Å². The van der Waals surface area contributed by atoms with E-state index < -0.39 is 5.82 Å². The summed E-state index contributed by atoms with van der Waals surface area (Å²) in [6.07, 6.45) is 0.860. The zero-order valence-electron chi connectivity index (χ0n) is 9.97. The molecule has 0 saturated carbocycles. The summed E-state index contributed by atoms with van der Waals surface area (Å²) < 4.78 is 13.0. The summed E-state index contributed by atoms with van der Waals surface area (Å²) in [4.78, 5) is 13.8. The van der Waals surface area contributed by atoms with Crippen molar-refractivity contribution in [1.29, 1.82) is 0 Å². The number of Topliss-reactive ketones (excluding diaryl/α,β-unsaturated/α-hetero) is 1. The van der Waals surface area contributed by atoms with Gasteiger partial charge >= 0.3 is 0 Å². The van der Waals surface area contributed by atoms with E-state index in [1.807, 2.05) is 4.90 Å². The fourth-order valence-electron chi connectivity index (χ4n) is 2.23. The molecular weight excluding hydrogens is 237 g/mol. The highest BCUT2D eigenvalue weighted by Gasteiger charge is 2.24. The number of likely N-dealkylation sites (tertiary alicyclic amines) is 1. The Morgan fingerprint density at radius 3 is 2.94 bits per heavy atom. The van der Waals surface area contributed by atoms with Gasteiger partial charge in [0.05, 0.1) is 12.1 Å². The standard InChI is InChI=1S/C13H16FNO3/c14-10-1-2-12(17)11(5-10)13(18)7-15-4-3-9(6-15)8-16/h1-2,5,9,16-17H,3-4,6-8H2. The third kappa shape index (κ3) is 2.86. The summed E-state index contributed by atoms with van der Waals surface area (Å²) >= 11 is 0. The maximum Gasteiger partial charge on any atom is 0.180 e. The molecule has 1 unspecified atom stereocenters. The lowest BCUT2D eigenvalue weighted by molar-refractivity contribution is 0.0937. The van der Waals surface area contributed by atoms with Crippen LogP contribution >= 0.6 is 0 Å². The Labute approximate surface area is 105 Å². The number of phenols is 1. The van der Waals surface area contributed by atoms with Gasteiger partial charge in [-0.25, -0.2) is 4.39 Å². The molecule has 1 aromatic rings. The molecule has 18 heavy (non-hydrogen) atoms. The van der Waals surface area contributed by atoms with Gasteiger partial charge in [0, 0.05) is 13.2 Å². The summed E-state index contributed by atoms with van der Waals surface area (Å²) in [5.74, 6) is -0.824. The number of aromatic hydroxyl groups is 1. The number of aliphatic hydroxyl groups is 1. The topological polar surface area (TPSA) is 60.8 Å². The van der Waals surface area contributed by atoms with Gasteiger partial charge in [-0.15, -0.1) is 0 Å². The van der Waals surface area contributed by atoms with Crippen LogP contribution in [0.25, 0.3) is 0 Å². The van der Waals surface area contributed by atoms with E-state index in [1.165, 1.54) is 6.07 Å². The van der Waals surface area contributed by atoms with Crippen molar-refractivity contribution >= 4 is 5.78 Å². The first-order valence-corrected chi connectivity index (χ1v) is 5.95. The van der Waals surface area contributed by atoms with E-state index >= 15 is 0 Å². The zero-order valence-corrected chi connectivity index (χ0v) is 9.97. The Bertz CT molecular complexity index is 450. The number of nitrogens with zero attached hydrogens (tertiary/aromatic N) is 1. The van der Waals surface area contributed by atoms with E-state index in [4.69, 9.17) is 5.11 Å². The number of halogens is 1. The Kier molecular flexibility index (Phi) is 3.93. The molecule has 0 radical (unpaired) electrons. The number of phenolic OH excluding ortho intramolecular Hbond substituents is 1. The predicted molar refractivity (Wildman–Crippen MR) is 64.0 cm³/mol. The highest BCUT2D eigenvalue weighted by atomic mass is 19.1. The molecule has 1 saturated heterocycles. The van der Waals surface area contributed by atoms with Crippen LogP contribution in [0.1, 0.15) is 16.8 Å². The van der Waals surface area contributed by atoms with Crippen LogP contribution in [0.3, 0.4) is 0 Å². The van der Waals surface area contributed by atoms with Crippen LogP contribution in [0.4, 0.5) is 4.39 Å². The SMILES string of the molecule is O=C(CN1CCC(CO)C1)c1cc(F)ccc1O. The van der Waals surface area contributed by atoms with Gasteiger partial charge in [-0.3, -0.25) is 9.69 Å². The summed E-state index contributed by atoms with van der Waals surface area (Å²) in [6, 6.07) is 3.35. The van der Waals surface area contributed by atoms with Crippen LogP contribution in [0.2, 0.25) is 0 Å². The Morgan fingerprint density at radius 1 is 1.50 bits per heavy atom. The molecule has 1 atom stereocenters. The molecule has 2 rings (SSSR count). The van der Waals surface area contributed by atoms with Crippen molar-refractivity contribution in [2.75, 3.05) is 26.2 Å². The highest BCUT2D eigenvalue weighted by Crippen LogP contribution is 2.21. The van der Waals surface area contributed by atoms with Gasteiger partial charge in [-0.05, 0) is 37.1 Å². The first-order chi connectivity index (χ1) is 8.60. The monoisotopic (exact) mass is 253 g/mol. The molecule has 1 fully saturated rings. The van der Waals surface area contributed by atoms with Crippen LogP contribution in [0.5, 0.6) is 5.75 Å². The van der Waals surface area contributed by atoms with Crippen LogP contribution in [0.15, 0.2) is 18.2 Å². The fraction of sp³-hybridized carbons (Fsp3) is 0.462. The van der Waals surface area contributed by atoms with E-state index in [0.717, 1.165) is 25.1 Å². The largest absolute Gasteiger partial charge is 0.507 e. The molecular formula is C13H16FNO3. The van der Waals surface area contributed by atoms with Crippen LogP contribution in [0, 0.1) is 11.7 Å². The van der Waals surface area contributed by atoms with Gasteiger partial charge in [0.25, 0.3) is 0 Å². The molecule has 2 N–H and O–H groups in total. The maximum absolute atomic E-state index is 13.0. The van der Waals surface area contributed by atoms with Gasteiger partial charge in [-0.1, -0.05) is 0 Å². The molecule has 0 bridgehead atoms. The number of ketones is 1. The molecule has 1 aromatic carbocycles. The molecule has 0 aliphatic carbocycles. The second-order valence-electron chi connectivity index (χ2n) is 4.66. The van der Waals surface area contributed by atoms with Gasteiger partial charge in [-0.2, -0.15) is 0 Å². The van der Waals surface area contributed by atoms with Crippen LogP contribution in [-0.4, -0.2) is 47.1 Å². The summed E-state index contributed by atoms with van der Waals surface area (Å²) in [5, 5.41) is 18.5. The normalized spacial score (nSPS) is 20.2. The third-order valence-electron chi connectivity index (χ3n) is 3.25. The number of rotatable bonds is 4. The summed E-state index contributed by atoms with van der Waals surface area (Å²) in [7, 11) is 0. The maximum atomic E-state index is 13.0. The average molecular weight is 253 g/mol. The van der Waals surface area contributed by atoms with Gasteiger partial charge < -0.3 is 10.2 Å². The molecule has 0 aromatic heterocycles. The number of aliphatic hydroxyl groups excluding tert-OH is 1. The lowest BCUT2D eigenvalue weighted by Gasteiger charge is -2.14. The predicted octanol–water partition coefficient (Wildman–Crippen LogP) is 1.03. The van der Waals surface area contributed by atoms with Gasteiger partial charge in [0.2, 0.25) is 0 Å². The molecule has 0 amide bonds. The summed E-state index contributed by atoms with van der Waals surface area (Å²) in [6.45, 7) is 1.68. The Balaban J connectivity index is 2.02. The minimum atomic E-state index is -0.536. The Morgan fingerprint density at radius 2 is 2.28 bits per heavy atom. The number of benzene rings is 1. The molecule has 1 heterocycles. The lowest BCUT2D eigenvalue weighted by atomic mass is 10.1. The van der Waals surface area contributed by atoms with Crippen molar-refractivity contribution in [1.82, 2.24) is 4.90 Å². The molecule has 1 aliphatic rings. The second kappa shape index (κ2) is 5.46. The highest BCUT2D eigenvalue weighted by molar-refractivity contribution is 6.00. The Hall–Kier alpha value is -1.46. The molecule has 4 nitrogen and oxygen atoms in total. The number of hydrogen-bond donors (Lipinski definition) is 2. The van der Waals surface area contributed by atoms with Crippen molar-refractivity contribution in [3.8, 4) is 5.75 Å². The van der Waals surface area contributed by atoms with Crippen LogP contribution < -0.4 is 0 Å². The average Bonchev–Trinajstić information content (AvgIpc) is 2.80. The van der Waals surface area contributed by atoms with Crippen molar-refractivity contribution in [3.63, 3.8) is 0 Å². The number of carbonyl (C=O) groups is 1. The molecule has 98 valence electrons. The van der Waals surface area contributed by atoms with Crippen molar-refractivity contribution in [2.24, 2.45) is 5.92 Å². The first-order valence-electron chi connectivity index (χ1n) is 5.95. The molecule has 1 aliphatic heterocycles. The quantitative estimate of drug-likeness (QED) is 0.787. The van der Waals surface area contributed by atoms with Gasteiger partial charge in [0.1, 0.15) is 11.6 Å². The zero-order chi connectivity index (χ0) is 13.1. The minimum absolute atomic E-state index is 0.0162. The molecule has 5 heteroatoms. The third-order valence-corrected chi connectivity index (χ3v) is 3.25. The second-order valence-corrected chi connectivity index (χ2v) is 4.66. The number of carbonyl (C=O) groups excluding carboxylic acids is 1. The number of hydrogen-bond acceptors (Lipinski definition) is 4. The minimum Gasteiger partial charge on any atom is -0.507 e. The van der Waals surface area contributed by atoms with Crippen molar-refractivity contribution in [3.05, 3.63) is 29.6 Å². The molecule has 0 spiro atoms. The van der Waals surface area contributed by atoms with E-state index in [1.54, 1.807) is 0 Å². The fourth-order valence-corrected chi connectivity index (χ4v) is 2.23.